The van der Waals surface area contributed by atoms with Gasteiger partial charge in [0.05, 0.1) is 13.3 Å². The van der Waals surface area contributed by atoms with Gasteiger partial charge in [0.2, 0.25) is 5.91 Å². The molecule has 0 spiro atoms. The van der Waals surface area contributed by atoms with Crippen molar-refractivity contribution in [2.45, 2.75) is 26.2 Å². The first kappa shape index (κ1) is 15.1. The molecular formula is C14H25N3O3. The third kappa shape index (κ3) is 3.85. The fraction of sp³-hybridized carbons (Fsp3) is 0.857. The van der Waals surface area contributed by atoms with E-state index in [1.807, 2.05) is 0 Å². The van der Waals surface area contributed by atoms with E-state index in [0.717, 1.165) is 12.5 Å². The number of carbonyl (C=O) groups excluding carboxylic acids is 2. The van der Waals surface area contributed by atoms with E-state index in [4.69, 9.17) is 4.74 Å². The van der Waals surface area contributed by atoms with Crippen LogP contribution in [0.4, 0.5) is 4.79 Å². The molecule has 0 unspecified atom stereocenters. The number of nitrogens with one attached hydrogen (secondary N) is 1. The average Bonchev–Trinajstić information content (AvgIpc) is 3.00. The van der Waals surface area contributed by atoms with Crippen LogP contribution in [0.15, 0.2) is 0 Å². The number of carbonyl (C=O) groups is 2. The van der Waals surface area contributed by atoms with Crippen LogP contribution in [0, 0.1) is 11.8 Å². The number of hydrogen-bond donors (Lipinski definition) is 1. The predicted molar refractivity (Wildman–Crippen MR) is 75.1 cm³/mol. The van der Waals surface area contributed by atoms with Crippen LogP contribution in [-0.4, -0.2) is 61.8 Å². The molecule has 0 aromatic carbocycles. The summed E-state index contributed by atoms with van der Waals surface area (Å²) in [7, 11) is 1.60. The van der Waals surface area contributed by atoms with Gasteiger partial charge in [-0.2, -0.15) is 0 Å². The van der Waals surface area contributed by atoms with Gasteiger partial charge in [-0.3, -0.25) is 9.69 Å². The average molecular weight is 283 g/mol. The summed E-state index contributed by atoms with van der Waals surface area (Å²) in [6.07, 6.45) is 3.65. The van der Waals surface area contributed by atoms with Gasteiger partial charge in [-0.25, -0.2) is 4.79 Å². The van der Waals surface area contributed by atoms with E-state index >= 15 is 0 Å². The Morgan fingerprint density at radius 1 is 1.45 bits per heavy atom. The molecule has 1 aliphatic carbocycles. The third-order valence-electron chi connectivity index (χ3n) is 4.22. The molecular weight excluding hydrogens is 258 g/mol. The lowest BCUT2D eigenvalue weighted by Crippen LogP contribution is -2.41. The number of amides is 3. The molecule has 1 N–H and O–H groups in total. The maximum absolute atomic E-state index is 12.1. The van der Waals surface area contributed by atoms with Gasteiger partial charge in [0.15, 0.2) is 0 Å². The second-order valence-electron chi connectivity index (χ2n) is 5.96. The molecule has 2 fully saturated rings. The molecule has 20 heavy (non-hydrogen) atoms. The molecule has 0 aromatic rings. The second kappa shape index (κ2) is 6.92. The van der Waals surface area contributed by atoms with Crippen molar-refractivity contribution in [1.82, 2.24) is 15.1 Å². The second-order valence-corrected chi connectivity index (χ2v) is 5.96. The first-order valence-electron chi connectivity index (χ1n) is 7.39. The lowest BCUT2D eigenvalue weighted by atomic mass is 10.1. The van der Waals surface area contributed by atoms with Gasteiger partial charge in [-0.1, -0.05) is 13.3 Å². The molecule has 1 aliphatic heterocycles. The standard InChI is InChI=1S/C14H25N3O3/c1-11-3-4-12(7-11)8-15-14(19)17-9-13(18)16(10-17)5-6-20-2/h11-12H,3-10H2,1-2H3,(H,15,19)/t11-,12+/m0/s1. The summed E-state index contributed by atoms with van der Waals surface area (Å²) in [6.45, 7) is 4.58. The van der Waals surface area contributed by atoms with Gasteiger partial charge in [-0.15, -0.1) is 0 Å². The molecule has 2 atom stereocenters. The summed E-state index contributed by atoms with van der Waals surface area (Å²) < 4.78 is 4.96. The summed E-state index contributed by atoms with van der Waals surface area (Å²) in [5.41, 5.74) is 0. The van der Waals surface area contributed by atoms with Gasteiger partial charge in [-0.05, 0) is 24.7 Å². The molecule has 114 valence electrons. The maximum atomic E-state index is 12.1. The van der Waals surface area contributed by atoms with E-state index in [0.29, 0.717) is 25.7 Å². The van der Waals surface area contributed by atoms with Crippen LogP contribution >= 0.6 is 0 Å². The van der Waals surface area contributed by atoms with Crippen LogP contribution in [0.1, 0.15) is 26.2 Å². The predicted octanol–water partition coefficient (Wildman–Crippen LogP) is 0.880. The highest BCUT2D eigenvalue weighted by atomic mass is 16.5. The molecule has 1 heterocycles. The number of methoxy groups -OCH3 is 1. The van der Waals surface area contributed by atoms with Gasteiger partial charge >= 0.3 is 6.03 Å². The Hall–Kier alpha value is -1.30. The van der Waals surface area contributed by atoms with Gasteiger partial charge in [0.25, 0.3) is 0 Å². The zero-order valence-electron chi connectivity index (χ0n) is 12.4. The topological polar surface area (TPSA) is 61.9 Å². The van der Waals surface area contributed by atoms with Crippen molar-refractivity contribution in [3.05, 3.63) is 0 Å². The van der Waals surface area contributed by atoms with Gasteiger partial charge in [0.1, 0.15) is 6.54 Å². The minimum absolute atomic E-state index is 0.00770. The Labute approximate surface area is 120 Å². The van der Waals surface area contributed by atoms with E-state index < -0.39 is 0 Å². The SMILES string of the molecule is COCCN1CN(C(=O)NC[C@@H]2CC[C@H](C)C2)CC1=O. The lowest BCUT2D eigenvalue weighted by molar-refractivity contribution is -0.127. The molecule has 6 heteroatoms. The molecule has 0 radical (unpaired) electrons. The summed E-state index contributed by atoms with van der Waals surface area (Å²) in [6, 6.07) is -0.127. The lowest BCUT2D eigenvalue weighted by Gasteiger charge is -2.19. The molecule has 2 aliphatic rings. The van der Waals surface area contributed by atoms with Gasteiger partial charge < -0.3 is 15.0 Å². The van der Waals surface area contributed by atoms with Gasteiger partial charge in [0, 0.05) is 20.2 Å². The zero-order valence-corrected chi connectivity index (χ0v) is 12.4. The number of urea groups is 1. The summed E-state index contributed by atoms with van der Waals surface area (Å²) >= 11 is 0. The minimum Gasteiger partial charge on any atom is -0.383 e. The van der Waals surface area contributed by atoms with Crippen LogP contribution in [0.25, 0.3) is 0 Å². The van der Waals surface area contributed by atoms with Crippen molar-refractivity contribution < 1.29 is 14.3 Å². The minimum atomic E-state index is -0.127. The van der Waals surface area contributed by atoms with Crippen molar-refractivity contribution in [3.63, 3.8) is 0 Å². The largest absolute Gasteiger partial charge is 0.383 e. The van der Waals surface area contributed by atoms with Crippen LogP contribution in [-0.2, 0) is 9.53 Å². The fourth-order valence-corrected chi connectivity index (χ4v) is 2.98. The number of hydrogen-bond acceptors (Lipinski definition) is 3. The molecule has 0 bridgehead atoms. The molecule has 3 amide bonds. The van der Waals surface area contributed by atoms with Crippen LogP contribution < -0.4 is 5.32 Å². The smallest absolute Gasteiger partial charge is 0.319 e. The van der Waals surface area contributed by atoms with Crippen molar-refractivity contribution in [1.29, 1.82) is 0 Å². The Kier molecular flexibility index (Phi) is 5.23. The summed E-state index contributed by atoms with van der Waals surface area (Å²) in [5, 5.41) is 2.96. The van der Waals surface area contributed by atoms with E-state index in [9.17, 15) is 9.59 Å². The highest BCUT2D eigenvalue weighted by Gasteiger charge is 2.31. The number of rotatable bonds is 5. The Bertz CT molecular complexity index is 362. The van der Waals surface area contributed by atoms with Crippen molar-refractivity contribution in [2.24, 2.45) is 11.8 Å². The van der Waals surface area contributed by atoms with Crippen LogP contribution in [0.2, 0.25) is 0 Å². The van der Waals surface area contributed by atoms with Crippen LogP contribution in [0.5, 0.6) is 0 Å². The molecule has 6 nitrogen and oxygen atoms in total. The Morgan fingerprint density at radius 3 is 2.90 bits per heavy atom. The molecule has 1 saturated carbocycles. The zero-order chi connectivity index (χ0) is 14.5. The van der Waals surface area contributed by atoms with Crippen molar-refractivity contribution in [3.8, 4) is 0 Å². The summed E-state index contributed by atoms with van der Waals surface area (Å²) in [4.78, 5) is 27.0. The Morgan fingerprint density at radius 2 is 2.25 bits per heavy atom. The highest BCUT2D eigenvalue weighted by molar-refractivity contribution is 5.87. The van der Waals surface area contributed by atoms with E-state index in [-0.39, 0.29) is 18.5 Å². The maximum Gasteiger partial charge on any atom is 0.319 e. The molecule has 1 saturated heterocycles. The van der Waals surface area contributed by atoms with E-state index in [1.54, 1.807) is 16.9 Å². The molecule has 2 rings (SSSR count). The quantitative estimate of drug-likeness (QED) is 0.815. The Balaban J connectivity index is 1.72. The normalized spacial score (nSPS) is 26.4. The molecule has 0 aromatic heterocycles. The summed E-state index contributed by atoms with van der Waals surface area (Å²) in [5.74, 6) is 1.36. The van der Waals surface area contributed by atoms with E-state index in [1.165, 1.54) is 19.3 Å². The highest BCUT2D eigenvalue weighted by Crippen LogP contribution is 2.29. The number of nitrogens with zero attached hydrogens (tertiary/aromatic N) is 2. The fourth-order valence-electron chi connectivity index (χ4n) is 2.98. The van der Waals surface area contributed by atoms with Crippen molar-refractivity contribution >= 4 is 11.9 Å². The third-order valence-corrected chi connectivity index (χ3v) is 4.22. The van der Waals surface area contributed by atoms with E-state index in [2.05, 4.69) is 12.2 Å². The first-order chi connectivity index (χ1) is 9.60. The van der Waals surface area contributed by atoms with Crippen molar-refractivity contribution in [2.75, 3.05) is 40.0 Å². The first-order valence-corrected chi connectivity index (χ1v) is 7.39. The number of ether oxygens (including phenoxy) is 1. The monoisotopic (exact) mass is 283 g/mol. The van der Waals surface area contributed by atoms with Crippen LogP contribution in [0.3, 0.4) is 0 Å².